The predicted octanol–water partition coefficient (Wildman–Crippen LogP) is 3.19. The standard InChI is InChI=1S/C14H14N4OS/c1-3-19-14-17-12(16-13(15-2)18-14)10-6-4-5-9-7-8-20-11(9)10/h4-8H,3H2,1-2H3,(H,15,16,17,18). The van der Waals surface area contributed by atoms with E-state index in [1.54, 1.807) is 18.4 Å². The van der Waals surface area contributed by atoms with Crippen LogP contribution < -0.4 is 10.1 Å². The molecule has 1 aromatic carbocycles. The van der Waals surface area contributed by atoms with E-state index in [0.717, 1.165) is 5.56 Å². The Kier molecular flexibility index (Phi) is 3.47. The van der Waals surface area contributed by atoms with Gasteiger partial charge in [0.1, 0.15) is 0 Å². The van der Waals surface area contributed by atoms with Crippen LogP contribution >= 0.6 is 11.3 Å². The summed E-state index contributed by atoms with van der Waals surface area (Å²) in [6.07, 6.45) is 0. The summed E-state index contributed by atoms with van der Waals surface area (Å²) in [5.74, 6) is 1.13. The number of fused-ring (bicyclic) bond motifs is 1. The summed E-state index contributed by atoms with van der Waals surface area (Å²) in [4.78, 5) is 13.0. The monoisotopic (exact) mass is 286 g/mol. The van der Waals surface area contributed by atoms with Gasteiger partial charge in [-0.2, -0.15) is 15.0 Å². The third-order valence-corrected chi connectivity index (χ3v) is 3.80. The number of aromatic nitrogens is 3. The summed E-state index contributed by atoms with van der Waals surface area (Å²) < 4.78 is 6.57. The lowest BCUT2D eigenvalue weighted by Gasteiger charge is -2.07. The first-order valence-corrected chi connectivity index (χ1v) is 7.23. The molecule has 102 valence electrons. The number of rotatable bonds is 4. The van der Waals surface area contributed by atoms with E-state index in [1.165, 1.54) is 10.1 Å². The van der Waals surface area contributed by atoms with Crippen LogP contribution in [0.4, 0.5) is 5.95 Å². The highest BCUT2D eigenvalue weighted by molar-refractivity contribution is 7.17. The van der Waals surface area contributed by atoms with Crippen molar-refractivity contribution in [3.8, 4) is 17.4 Å². The lowest BCUT2D eigenvalue weighted by Crippen LogP contribution is -2.05. The Hall–Kier alpha value is -2.21. The molecule has 20 heavy (non-hydrogen) atoms. The molecule has 5 nitrogen and oxygen atoms in total. The van der Waals surface area contributed by atoms with Gasteiger partial charge in [-0.1, -0.05) is 12.1 Å². The molecule has 0 amide bonds. The number of hydrogen-bond acceptors (Lipinski definition) is 6. The molecule has 6 heteroatoms. The van der Waals surface area contributed by atoms with Crippen LogP contribution in [-0.2, 0) is 0 Å². The Labute approximate surface area is 120 Å². The number of benzene rings is 1. The van der Waals surface area contributed by atoms with Gasteiger partial charge in [0.2, 0.25) is 5.95 Å². The third-order valence-electron chi connectivity index (χ3n) is 2.83. The molecule has 0 unspecified atom stereocenters. The Balaban J connectivity index is 2.17. The van der Waals surface area contributed by atoms with E-state index in [9.17, 15) is 0 Å². The van der Waals surface area contributed by atoms with Crippen LogP contribution in [-0.4, -0.2) is 28.6 Å². The van der Waals surface area contributed by atoms with Gasteiger partial charge >= 0.3 is 6.01 Å². The van der Waals surface area contributed by atoms with Crippen molar-refractivity contribution in [3.63, 3.8) is 0 Å². The van der Waals surface area contributed by atoms with Crippen LogP contribution in [0.2, 0.25) is 0 Å². The summed E-state index contributed by atoms with van der Waals surface area (Å²) in [6, 6.07) is 8.54. The zero-order chi connectivity index (χ0) is 13.9. The fourth-order valence-electron chi connectivity index (χ4n) is 1.95. The van der Waals surface area contributed by atoms with Gasteiger partial charge in [0.15, 0.2) is 5.82 Å². The molecule has 0 aliphatic carbocycles. The Morgan fingerprint density at radius 1 is 1.20 bits per heavy atom. The third kappa shape index (κ3) is 2.30. The van der Waals surface area contributed by atoms with Gasteiger partial charge in [-0.25, -0.2) is 0 Å². The van der Waals surface area contributed by atoms with E-state index in [2.05, 4.69) is 37.8 Å². The number of nitrogens with one attached hydrogen (secondary N) is 1. The molecular weight excluding hydrogens is 272 g/mol. The topological polar surface area (TPSA) is 59.9 Å². The highest BCUT2D eigenvalue weighted by Crippen LogP contribution is 2.31. The molecule has 3 aromatic rings. The van der Waals surface area contributed by atoms with E-state index in [4.69, 9.17) is 4.74 Å². The fourth-order valence-corrected chi connectivity index (χ4v) is 2.86. The van der Waals surface area contributed by atoms with Crippen LogP contribution in [0, 0.1) is 0 Å². The predicted molar refractivity (Wildman–Crippen MR) is 81.4 cm³/mol. The quantitative estimate of drug-likeness (QED) is 0.798. The van der Waals surface area contributed by atoms with Crippen LogP contribution in [0.1, 0.15) is 6.92 Å². The summed E-state index contributed by atoms with van der Waals surface area (Å²) >= 11 is 1.68. The first-order chi connectivity index (χ1) is 9.81. The summed E-state index contributed by atoms with van der Waals surface area (Å²) in [5, 5.41) is 6.20. The average Bonchev–Trinajstić information content (AvgIpc) is 2.95. The van der Waals surface area contributed by atoms with Gasteiger partial charge in [-0.15, -0.1) is 11.3 Å². The molecule has 3 rings (SSSR count). The van der Waals surface area contributed by atoms with Gasteiger partial charge in [0.25, 0.3) is 0 Å². The molecule has 0 aliphatic heterocycles. The minimum atomic E-state index is 0.343. The van der Waals surface area contributed by atoms with Crippen molar-refractivity contribution in [1.29, 1.82) is 0 Å². The summed E-state index contributed by atoms with van der Waals surface area (Å²) in [5.41, 5.74) is 0.998. The van der Waals surface area contributed by atoms with Crippen LogP contribution in [0.25, 0.3) is 21.5 Å². The van der Waals surface area contributed by atoms with Gasteiger partial charge < -0.3 is 10.1 Å². The van der Waals surface area contributed by atoms with Crippen molar-refractivity contribution >= 4 is 27.4 Å². The lowest BCUT2D eigenvalue weighted by molar-refractivity contribution is 0.312. The van der Waals surface area contributed by atoms with Crippen molar-refractivity contribution < 1.29 is 4.74 Å². The van der Waals surface area contributed by atoms with Crippen molar-refractivity contribution in [3.05, 3.63) is 29.6 Å². The maximum absolute atomic E-state index is 5.41. The lowest BCUT2D eigenvalue weighted by atomic mass is 10.1. The van der Waals surface area contributed by atoms with E-state index in [0.29, 0.717) is 24.4 Å². The second-order valence-electron chi connectivity index (χ2n) is 4.09. The van der Waals surface area contributed by atoms with Gasteiger partial charge in [0.05, 0.1) is 6.61 Å². The largest absolute Gasteiger partial charge is 0.464 e. The van der Waals surface area contributed by atoms with E-state index in [-0.39, 0.29) is 0 Å². The Morgan fingerprint density at radius 2 is 2.10 bits per heavy atom. The zero-order valence-corrected chi connectivity index (χ0v) is 12.1. The van der Waals surface area contributed by atoms with Crippen molar-refractivity contribution in [1.82, 2.24) is 15.0 Å². The molecule has 1 N–H and O–H groups in total. The molecule has 0 atom stereocenters. The van der Waals surface area contributed by atoms with Crippen LogP contribution in [0.15, 0.2) is 29.6 Å². The first-order valence-electron chi connectivity index (χ1n) is 6.35. The number of anilines is 1. The van der Waals surface area contributed by atoms with E-state index >= 15 is 0 Å². The average molecular weight is 286 g/mol. The maximum Gasteiger partial charge on any atom is 0.321 e. The molecule has 0 bridgehead atoms. The Morgan fingerprint density at radius 3 is 2.90 bits per heavy atom. The second kappa shape index (κ2) is 5.42. The molecule has 0 saturated heterocycles. The van der Waals surface area contributed by atoms with E-state index < -0.39 is 0 Å². The fraction of sp³-hybridized carbons (Fsp3) is 0.214. The molecule has 0 fully saturated rings. The summed E-state index contributed by atoms with van der Waals surface area (Å²) in [6.45, 7) is 2.43. The number of nitrogens with zero attached hydrogens (tertiary/aromatic N) is 3. The van der Waals surface area contributed by atoms with E-state index in [1.807, 2.05) is 19.1 Å². The smallest absolute Gasteiger partial charge is 0.321 e. The highest BCUT2D eigenvalue weighted by atomic mass is 32.1. The first kappa shape index (κ1) is 12.8. The molecule has 2 heterocycles. The normalized spacial score (nSPS) is 10.7. The molecule has 0 radical (unpaired) electrons. The SMILES string of the molecule is CCOc1nc(NC)nc(-c2cccc3ccsc23)n1. The van der Waals surface area contributed by atoms with Gasteiger partial charge in [-0.05, 0) is 29.8 Å². The van der Waals surface area contributed by atoms with Crippen LogP contribution in [0.5, 0.6) is 6.01 Å². The highest BCUT2D eigenvalue weighted by Gasteiger charge is 2.12. The molecule has 0 saturated carbocycles. The zero-order valence-electron chi connectivity index (χ0n) is 11.3. The number of thiophene rings is 1. The molecular formula is C14H14N4OS. The van der Waals surface area contributed by atoms with Gasteiger partial charge in [-0.3, -0.25) is 0 Å². The molecule has 2 aromatic heterocycles. The number of hydrogen-bond donors (Lipinski definition) is 1. The molecule has 0 aliphatic rings. The number of ether oxygens (including phenoxy) is 1. The summed E-state index contributed by atoms with van der Waals surface area (Å²) in [7, 11) is 1.78. The second-order valence-corrected chi connectivity index (χ2v) is 5.01. The van der Waals surface area contributed by atoms with Gasteiger partial charge in [0, 0.05) is 17.3 Å². The minimum Gasteiger partial charge on any atom is -0.464 e. The van der Waals surface area contributed by atoms with Crippen LogP contribution in [0.3, 0.4) is 0 Å². The Bertz CT molecular complexity index is 741. The molecule has 0 spiro atoms. The minimum absolute atomic E-state index is 0.343. The van der Waals surface area contributed by atoms with Crippen molar-refractivity contribution in [2.24, 2.45) is 0 Å². The van der Waals surface area contributed by atoms with Crippen molar-refractivity contribution in [2.45, 2.75) is 6.92 Å². The van der Waals surface area contributed by atoms with Crippen molar-refractivity contribution in [2.75, 3.05) is 19.0 Å². The maximum atomic E-state index is 5.41.